The molecule has 4 atom stereocenters. The zero-order valence-electron chi connectivity index (χ0n) is 14.1. The summed E-state index contributed by atoms with van der Waals surface area (Å²) in [5.41, 5.74) is 0.858. The first-order valence-corrected chi connectivity index (χ1v) is 9.93. The van der Waals surface area contributed by atoms with Gasteiger partial charge in [0.15, 0.2) is 5.17 Å². The molecule has 1 N–H and O–H groups in total. The van der Waals surface area contributed by atoms with Crippen molar-refractivity contribution in [3.8, 4) is 0 Å². The Bertz CT molecular complexity index is 679. The fraction of sp³-hybridized carbons (Fsp3) is 0.526. The number of hydrogen-bond acceptors (Lipinski definition) is 4. The van der Waals surface area contributed by atoms with Crippen LogP contribution in [0.4, 0.5) is 5.69 Å². The molecule has 1 aliphatic heterocycles. The van der Waals surface area contributed by atoms with Crippen LogP contribution < -0.4 is 10.2 Å². The second kappa shape index (κ2) is 7.20. The minimum atomic E-state index is -0.163. The van der Waals surface area contributed by atoms with Gasteiger partial charge >= 0.3 is 0 Å². The number of carbonyl (C=O) groups is 2. The summed E-state index contributed by atoms with van der Waals surface area (Å²) < 4.78 is 0. The van der Waals surface area contributed by atoms with Gasteiger partial charge in [0.1, 0.15) is 0 Å². The molecule has 4 rings (SSSR count). The summed E-state index contributed by atoms with van der Waals surface area (Å²) in [6.07, 6.45) is 6.60. The van der Waals surface area contributed by atoms with E-state index >= 15 is 0 Å². The minimum absolute atomic E-state index is 0.0193. The zero-order valence-corrected chi connectivity index (χ0v) is 15.0. The lowest BCUT2D eigenvalue weighted by molar-refractivity contribution is -0.119. The van der Waals surface area contributed by atoms with Crippen LogP contribution >= 0.6 is 11.8 Å². The summed E-state index contributed by atoms with van der Waals surface area (Å²) in [6.45, 7) is 0.528. The maximum atomic E-state index is 12.2. The van der Waals surface area contributed by atoms with Crippen molar-refractivity contribution in [2.24, 2.45) is 16.8 Å². The second-order valence-corrected chi connectivity index (χ2v) is 8.39. The predicted octanol–water partition coefficient (Wildman–Crippen LogP) is 2.82. The van der Waals surface area contributed by atoms with Gasteiger partial charge in [0.25, 0.3) is 0 Å². The number of rotatable bonds is 6. The Balaban J connectivity index is 1.34. The molecule has 0 spiro atoms. The Morgan fingerprint density at radius 1 is 1.24 bits per heavy atom. The molecule has 1 aromatic rings. The molecule has 1 heterocycles. The van der Waals surface area contributed by atoms with Crippen LogP contribution in [-0.4, -0.2) is 35.3 Å². The lowest BCUT2D eigenvalue weighted by Crippen LogP contribution is -2.30. The van der Waals surface area contributed by atoms with Crippen LogP contribution in [0.15, 0.2) is 35.3 Å². The molecular weight excluding hydrogens is 334 g/mol. The average Bonchev–Trinajstić information content (AvgIpc) is 3.33. The van der Waals surface area contributed by atoms with Crippen LogP contribution in [0, 0.1) is 11.8 Å². The molecule has 2 amide bonds. The van der Waals surface area contributed by atoms with Gasteiger partial charge in [0, 0.05) is 12.2 Å². The first kappa shape index (κ1) is 16.6. The van der Waals surface area contributed by atoms with Crippen LogP contribution in [0.5, 0.6) is 0 Å². The number of nitrogens with one attached hydrogen (secondary N) is 1. The molecule has 5 nitrogen and oxygen atoms in total. The molecule has 3 aliphatic rings. The van der Waals surface area contributed by atoms with Gasteiger partial charge in [-0.2, -0.15) is 0 Å². The summed E-state index contributed by atoms with van der Waals surface area (Å²) in [7, 11) is 0. The van der Waals surface area contributed by atoms with Crippen LogP contribution in [0.1, 0.15) is 32.1 Å². The normalized spacial score (nSPS) is 32.2. The van der Waals surface area contributed by atoms with Crippen LogP contribution in [0.2, 0.25) is 0 Å². The van der Waals surface area contributed by atoms with Crippen molar-refractivity contribution >= 4 is 34.9 Å². The van der Waals surface area contributed by atoms with Crippen molar-refractivity contribution in [2.75, 3.05) is 11.4 Å². The molecule has 3 fully saturated rings. The monoisotopic (exact) mass is 357 g/mol. The topological polar surface area (TPSA) is 61.8 Å². The highest BCUT2D eigenvalue weighted by atomic mass is 32.2. The number of para-hydroxylation sites is 1. The molecule has 1 aromatic carbocycles. The van der Waals surface area contributed by atoms with Gasteiger partial charge in [-0.1, -0.05) is 36.4 Å². The lowest BCUT2D eigenvalue weighted by atomic mass is 9.96. The fourth-order valence-corrected chi connectivity index (χ4v) is 5.31. The van der Waals surface area contributed by atoms with Gasteiger partial charge in [-0.25, -0.2) is 0 Å². The van der Waals surface area contributed by atoms with E-state index in [9.17, 15) is 9.59 Å². The van der Waals surface area contributed by atoms with Crippen molar-refractivity contribution in [3.05, 3.63) is 30.3 Å². The van der Waals surface area contributed by atoms with Gasteiger partial charge in [-0.15, -0.1) is 0 Å². The predicted molar refractivity (Wildman–Crippen MR) is 101 cm³/mol. The van der Waals surface area contributed by atoms with Crippen LogP contribution in [0.25, 0.3) is 0 Å². The average molecular weight is 357 g/mol. The number of aliphatic imine (C=N–C) groups is 1. The third-order valence-electron chi connectivity index (χ3n) is 5.61. The quantitative estimate of drug-likeness (QED) is 0.797. The molecule has 2 saturated carbocycles. The van der Waals surface area contributed by atoms with Gasteiger partial charge in [-0.3, -0.25) is 14.6 Å². The molecular formula is C19H23N3O2S. The minimum Gasteiger partial charge on any atom is -0.315 e. The van der Waals surface area contributed by atoms with Crippen molar-refractivity contribution in [1.29, 1.82) is 0 Å². The summed E-state index contributed by atoms with van der Waals surface area (Å²) in [5.74, 6) is 1.59. The third-order valence-corrected chi connectivity index (χ3v) is 6.77. The first-order valence-electron chi connectivity index (χ1n) is 9.05. The number of hydrogen-bond donors (Lipinski definition) is 1. The van der Waals surface area contributed by atoms with E-state index in [1.807, 2.05) is 30.3 Å². The van der Waals surface area contributed by atoms with E-state index in [1.165, 1.54) is 37.4 Å². The Labute approximate surface area is 152 Å². The highest BCUT2D eigenvalue weighted by Gasteiger charge is 2.40. The largest absolute Gasteiger partial charge is 0.315 e. The molecule has 0 aromatic heterocycles. The molecule has 132 valence electrons. The van der Waals surface area contributed by atoms with E-state index in [1.54, 1.807) is 4.90 Å². The Kier molecular flexibility index (Phi) is 4.79. The standard InChI is InChI=1S/C19H23N3O2S/c23-12-22(15-4-2-1-3-5-15)9-8-17-18(24)21-19(25-17)20-16-11-13-6-7-14(16)10-13/h1-5,12-14,16-17H,6-11H2,(H,20,21,24)/t13-,14?,16+,17?/m1/s1. The SMILES string of the molecule is O=CN(CCC1SC(=N[C@H]2C[C@@H]3CCC2C3)NC1=O)c1ccccc1. The van der Waals surface area contributed by atoms with Crippen LogP contribution in [-0.2, 0) is 9.59 Å². The number of nitrogens with zero attached hydrogens (tertiary/aromatic N) is 2. The molecule has 2 unspecified atom stereocenters. The molecule has 2 aliphatic carbocycles. The highest BCUT2D eigenvalue weighted by molar-refractivity contribution is 8.15. The number of carbonyl (C=O) groups excluding carboxylic acids is 2. The van der Waals surface area contributed by atoms with Gasteiger partial charge in [-0.05, 0) is 49.7 Å². The van der Waals surface area contributed by atoms with Crippen molar-refractivity contribution in [2.45, 2.75) is 43.4 Å². The number of benzene rings is 1. The van der Waals surface area contributed by atoms with E-state index in [0.29, 0.717) is 19.0 Å². The lowest BCUT2D eigenvalue weighted by Gasteiger charge is -2.18. The highest BCUT2D eigenvalue weighted by Crippen LogP contribution is 2.46. The van der Waals surface area contributed by atoms with E-state index in [2.05, 4.69) is 5.32 Å². The number of amides is 2. The van der Waals surface area contributed by atoms with E-state index in [-0.39, 0.29) is 11.2 Å². The fourth-order valence-electron chi connectivity index (χ4n) is 4.29. The van der Waals surface area contributed by atoms with Crippen molar-refractivity contribution in [3.63, 3.8) is 0 Å². The number of thioether (sulfide) groups is 1. The van der Waals surface area contributed by atoms with Crippen LogP contribution in [0.3, 0.4) is 0 Å². The summed E-state index contributed by atoms with van der Waals surface area (Å²) in [5, 5.41) is 3.56. The first-order chi connectivity index (χ1) is 12.2. The maximum absolute atomic E-state index is 12.2. The summed E-state index contributed by atoms with van der Waals surface area (Å²) >= 11 is 1.53. The summed E-state index contributed by atoms with van der Waals surface area (Å²) in [6, 6.07) is 9.93. The zero-order chi connectivity index (χ0) is 17.2. The van der Waals surface area contributed by atoms with Crippen molar-refractivity contribution < 1.29 is 9.59 Å². The van der Waals surface area contributed by atoms with E-state index < -0.39 is 0 Å². The van der Waals surface area contributed by atoms with Gasteiger partial charge in [0.2, 0.25) is 12.3 Å². The molecule has 6 heteroatoms. The van der Waals surface area contributed by atoms with Gasteiger partial charge in [0.05, 0.1) is 11.3 Å². The summed E-state index contributed by atoms with van der Waals surface area (Å²) in [4.78, 5) is 30.1. The molecule has 0 radical (unpaired) electrons. The Morgan fingerprint density at radius 3 is 2.76 bits per heavy atom. The number of amidine groups is 1. The molecule has 1 saturated heterocycles. The number of anilines is 1. The second-order valence-electron chi connectivity index (χ2n) is 7.20. The Morgan fingerprint density at radius 2 is 2.08 bits per heavy atom. The third kappa shape index (κ3) is 3.59. The van der Waals surface area contributed by atoms with E-state index in [0.717, 1.165) is 29.1 Å². The molecule has 2 bridgehead atoms. The molecule has 25 heavy (non-hydrogen) atoms. The van der Waals surface area contributed by atoms with E-state index in [4.69, 9.17) is 4.99 Å². The number of fused-ring (bicyclic) bond motifs is 2. The van der Waals surface area contributed by atoms with Gasteiger partial charge < -0.3 is 10.2 Å². The van der Waals surface area contributed by atoms with Crippen molar-refractivity contribution in [1.82, 2.24) is 5.32 Å². The smallest absolute Gasteiger partial charge is 0.239 e. The Hall–Kier alpha value is -1.82. The maximum Gasteiger partial charge on any atom is 0.239 e.